The van der Waals surface area contributed by atoms with E-state index in [1.54, 1.807) is 13.2 Å². The van der Waals surface area contributed by atoms with Crippen LogP contribution < -0.4 is 4.90 Å². The van der Waals surface area contributed by atoms with Crippen LogP contribution in [0.5, 0.6) is 0 Å². The molecule has 3 unspecified atom stereocenters. The molecular formula is C25H39FN2O. The smallest absolute Gasteiger partial charge is 0.123 e. The number of fused-ring (bicyclic) bond motifs is 2. The summed E-state index contributed by atoms with van der Waals surface area (Å²) < 4.78 is 19.5. The van der Waals surface area contributed by atoms with E-state index in [9.17, 15) is 4.39 Å². The van der Waals surface area contributed by atoms with Gasteiger partial charge in [-0.05, 0) is 80.8 Å². The van der Waals surface area contributed by atoms with Crippen molar-refractivity contribution in [1.82, 2.24) is 4.90 Å². The summed E-state index contributed by atoms with van der Waals surface area (Å²) in [4.78, 5) is 5.18. The van der Waals surface area contributed by atoms with Crippen molar-refractivity contribution >= 4 is 5.69 Å². The number of hydrogen-bond acceptors (Lipinski definition) is 3. The van der Waals surface area contributed by atoms with E-state index in [2.05, 4.69) is 23.6 Å². The molecule has 1 aromatic rings. The summed E-state index contributed by atoms with van der Waals surface area (Å²) in [5.74, 6) is 1.75. The molecule has 29 heavy (non-hydrogen) atoms. The first-order chi connectivity index (χ1) is 14.0. The molecule has 4 heteroatoms. The molecule has 3 aliphatic rings. The Balaban J connectivity index is 1.44. The van der Waals surface area contributed by atoms with Gasteiger partial charge in [0.1, 0.15) is 5.82 Å². The number of hydrogen-bond donors (Lipinski definition) is 0. The lowest BCUT2D eigenvalue weighted by Gasteiger charge is -2.43. The third-order valence-electron chi connectivity index (χ3n) is 8.08. The third kappa shape index (κ3) is 4.34. The van der Waals surface area contributed by atoms with Gasteiger partial charge in [-0.3, -0.25) is 0 Å². The number of nitrogens with zero attached hydrogens (tertiary/aromatic N) is 2. The molecule has 3 atom stereocenters. The molecule has 0 aromatic heterocycles. The maximum Gasteiger partial charge on any atom is 0.123 e. The average molecular weight is 403 g/mol. The Hall–Kier alpha value is -1.13. The standard InChI is InChI=1S/C25H39FN2O/c1-4-22(16-20-6-5-19(2)15-20)27-11-9-25(10-12-27)18-28(13-14-29-3)24-8-7-21(26)17-23(24)25/h7-8,17,19-20,22H,4-6,9-16,18H2,1-3H3. The van der Waals surface area contributed by atoms with Crippen molar-refractivity contribution in [2.24, 2.45) is 11.8 Å². The van der Waals surface area contributed by atoms with E-state index in [1.165, 1.54) is 43.4 Å². The molecule has 162 valence electrons. The van der Waals surface area contributed by atoms with Crippen molar-refractivity contribution in [2.45, 2.75) is 70.3 Å². The highest BCUT2D eigenvalue weighted by Crippen LogP contribution is 2.47. The Morgan fingerprint density at radius 2 is 2.03 bits per heavy atom. The first-order valence-electron chi connectivity index (χ1n) is 11.8. The van der Waals surface area contributed by atoms with Crippen LogP contribution in [0.15, 0.2) is 18.2 Å². The summed E-state index contributed by atoms with van der Waals surface area (Å²) in [6.45, 7) is 9.69. The zero-order valence-corrected chi connectivity index (χ0v) is 18.6. The van der Waals surface area contributed by atoms with Crippen LogP contribution in [-0.2, 0) is 10.2 Å². The van der Waals surface area contributed by atoms with Crippen molar-refractivity contribution in [3.8, 4) is 0 Å². The molecule has 0 radical (unpaired) electrons. The van der Waals surface area contributed by atoms with Crippen molar-refractivity contribution in [3.05, 3.63) is 29.6 Å². The van der Waals surface area contributed by atoms with Crippen LogP contribution in [0.2, 0.25) is 0 Å². The van der Waals surface area contributed by atoms with Gasteiger partial charge < -0.3 is 14.5 Å². The maximum atomic E-state index is 14.1. The predicted molar refractivity (Wildman–Crippen MR) is 118 cm³/mol. The van der Waals surface area contributed by atoms with Gasteiger partial charge in [-0.2, -0.15) is 0 Å². The van der Waals surface area contributed by atoms with Gasteiger partial charge in [0.25, 0.3) is 0 Å². The largest absolute Gasteiger partial charge is 0.383 e. The molecule has 1 aliphatic carbocycles. The fraction of sp³-hybridized carbons (Fsp3) is 0.760. The number of benzene rings is 1. The van der Waals surface area contributed by atoms with E-state index < -0.39 is 0 Å². The Kier molecular flexibility index (Phi) is 6.50. The van der Waals surface area contributed by atoms with Crippen LogP contribution in [0.1, 0.15) is 64.4 Å². The van der Waals surface area contributed by atoms with E-state index in [-0.39, 0.29) is 11.2 Å². The summed E-state index contributed by atoms with van der Waals surface area (Å²) in [6, 6.07) is 6.13. The molecule has 2 heterocycles. The van der Waals surface area contributed by atoms with Gasteiger partial charge in [0.05, 0.1) is 6.61 Å². The molecule has 3 nitrogen and oxygen atoms in total. The first kappa shape index (κ1) is 21.1. The Bertz CT molecular complexity index is 685. The molecule has 1 saturated heterocycles. The monoisotopic (exact) mass is 402 g/mol. The highest BCUT2D eigenvalue weighted by molar-refractivity contribution is 5.63. The Labute approximate surface area is 176 Å². The number of halogens is 1. The van der Waals surface area contributed by atoms with Crippen LogP contribution in [0, 0.1) is 17.7 Å². The highest BCUT2D eigenvalue weighted by atomic mass is 19.1. The molecule has 1 aromatic carbocycles. The zero-order valence-electron chi connectivity index (χ0n) is 18.6. The number of methoxy groups -OCH3 is 1. The minimum absolute atomic E-state index is 0.0964. The lowest BCUT2D eigenvalue weighted by Crippen LogP contribution is -2.49. The fourth-order valence-corrected chi connectivity index (χ4v) is 6.39. The van der Waals surface area contributed by atoms with E-state index >= 15 is 0 Å². The van der Waals surface area contributed by atoms with Gasteiger partial charge in [-0.1, -0.05) is 26.7 Å². The lowest BCUT2D eigenvalue weighted by atomic mass is 9.73. The van der Waals surface area contributed by atoms with E-state index in [1.807, 2.05) is 12.1 Å². The van der Waals surface area contributed by atoms with E-state index in [0.717, 1.165) is 63.5 Å². The topological polar surface area (TPSA) is 15.7 Å². The van der Waals surface area contributed by atoms with Crippen molar-refractivity contribution in [1.29, 1.82) is 0 Å². The number of ether oxygens (including phenoxy) is 1. The maximum absolute atomic E-state index is 14.1. The summed E-state index contributed by atoms with van der Waals surface area (Å²) in [5.41, 5.74) is 2.58. The van der Waals surface area contributed by atoms with Crippen LogP contribution in [0.4, 0.5) is 10.1 Å². The second kappa shape index (κ2) is 8.93. The summed E-state index contributed by atoms with van der Waals surface area (Å²) in [5, 5.41) is 0. The number of anilines is 1. The van der Waals surface area contributed by atoms with Crippen molar-refractivity contribution in [3.63, 3.8) is 0 Å². The quantitative estimate of drug-likeness (QED) is 0.621. The van der Waals surface area contributed by atoms with Crippen LogP contribution in [-0.4, -0.2) is 50.8 Å². The van der Waals surface area contributed by atoms with E-state index in [4.69, 9.17) is 4.74 Å². The molecule has 1 saturated carbocycles. The molecule has 1 spiro atoms. The number of likely N-dealkylation sites (tertiary alicyclic amines) is 1. The molecule has 4 rings (SSSR count). The minimum Gasteiger partial charge on any atom is -0.383 e. The van der Waals surface area contributed by atoms with Crippen molar-refractivity contribution < 1.29 is 9.13 Å². The van der Waals surface area contributed by atoms with Gasteiger partial charge in [0.2, 0.25) is 0 Å². The fourth-order valence-electron chi connectivity index (χ4n) is 6.39. The molecule has 0 N–H and O–H groups in total. The van der Waals surface area contributed by atoms with E-state index in [0.29, 0.717) is 0 Å². The molecule has 0 bridgehead atoms. The third-order valence-corrected chi connectivity index (χ3v) is 8.08. The van der Waals surface area contributed by atoms with Gasteiger partial charge in [0, 0.05) is 37.3 Å². The second-order valence-electron chi connectivity index (χ2n) is 9.97. The Morgan fingerprint density at radius 1 is 1.24 bits per heavy atom. The first-order valence-corrected chi connectivity index (χ1v) is 11.8. The Morgan fingerprint density at radius 3 is 2.69 bits per heavy atom. The molecule has 0 amide bonds. The highest BCUT2D eigenvalue weighted by Gasteiger charge is 2.45. The average Bonchev–Trinajstić information content (AvgIpc) is 3.26. The van der Waals surface area contributed by atoms with Gasteiger partial charge in [0.15, 0.2) is 0 Å². The molecular weight excluding hydrogens is 363 g/mol. The van der Waals surface area contributed by atoms with Crippen molar-refractivity contribution in [2.75, 3.05) is 44.8 Å². The number of piperidine rings is 1. The minimum atomic E-state index is -0.0964. The predicted octanol–water partition coefficient (Wildman–Crippen LogP) is 5.23. The summed E-state index contributed by atoms with van der Waals surface area (Å²) in [6.07, 6.45) is 9.19. The van der Waals surface area contributed by atoms with Gasteiger partial charge >= 0.3 is 0 Å². The van der Waals surface area contributed by atoms with Crippen LogP contribution >= 0.6 is 0 Å². The number of rotatable bonds is 7. The molecule has 2 aliphatic heterocycles. The SMILES string of the molecule is CCC(CC1CCC(C)C1)N1CCC2(CC1)CN(CCOC)c1ccc(F)cc12. The second-order valence-corrected chi connectivity index (χ2v) is 9.97. The lowest BCUT2D eigenvalue weighted by molar-refractivity contribution is 0.101. The molecule has 2 fully saturated rings. The summed E-state index contributed by atoms with van der Waals surface area (Å²) >= 11 is 0. The normalized spacial score (nSPS) is 27.5. The van der Waals surface area contributed by atoms with Crippen LogP contribution in [0.25, 0.3) is 0 Å². The zero-order chi connectivity index (χ0) is 20.4. The van der Waals surface area contributed by atoms with Gasteiger partial charge in [-0.25, -0.2) is 4.39 Å². The summed E-state index contributed by atoms with van der Waals surface area (Å²) in [7, 11) is 1.76. The van der Waals surface area contributed by atoms with Crippen LogP contribution in [0.3, 0.4) is 0 Å². The van der Waals surface area contributed by atoms with Gasteiger partial charge in [-0.15, -0.1) is 0 Å².